The van der Waals surface area contributed by atoms with Gasteiger partial charge in [0.05, 0.1) is 6.61 Å². The SMILES string of the molecule is CCCCOc1ccc(-c2nnc(-c3ccccc3C)o2)cc1. The summed E-state index contributed by atoms with van der Waals surface area (Å²) in [5, 5.41) is 8.31. The van der Waals surface area contributed by atoms with Crippen LogP contribution in [-0.4, -0.2) is 16.8 Å². The highest BCUT2D eigenvalue weighted by Crippen LogP contribution is 2.27. The Morgan fingerprint density at radius 2 is 1.70 bits per heavy atom. The number of aromatic nitrogens is 2. The summed E-state index contributed by atoms with van der Waals surface area (Å²) in [4.78, 5) is 0. The van der Waals surface area contributed by atoms with Crippen LogP contribution in [-0.2, 0) is 0 Å². The zero-order valence-corrected chi connectivity index (χ0v) is 13.5. The lowest BCUT2D eigenvalue weighted by atomic mass is 10.1. The molecule has 0 saturated heterocycles. The van der Waals surface area contributed by atoms with Crippen molar-refractivity contribution in [1.82, 2.24) is 10.2 Å². The lowest BCUT2D eigenvalue weighted by Gasteiger charge is -2.05. The van der Waals surface area contributed by atoms with Crippen LogP contribution in [0.2, 0.25) is 0 Å². The second kappa shape index (κ2) is 7.09. The first kappa shape index (κ1) is 15.3. The molecule has 0 saturated carbocycles. The fourth-order valence-corrected chi connectivity index (χ4v) is 2.29. The second-order valence-corrected chi connectivity index (χ2v) is 5.45. The molecule has 0 aliphatic rings. The van der Waals surface area contributed by atoms with E-state index in [1.165, 1.54) is 0 Å². The average Bonchev–Trinajstić information content (AvgIpc) is 3.06. The molecule has 0 radical (unpaired) electrons. The van der Waals surface area contributed by atoms with E-state index in [0.717, 1.165) is 41.9 Å². The van der Waals surface area contributed by atoms with Gasteiger partial charge >= 0.3 is 0 Å². The minimum Gasteiger partial charge on any atom is -0.494 e. The van der Waals surface area contributed by atoms with Crippen molar-refractivity contribution in [2.24, 2.45) is 0 Å². The molecule has 118 valence electrons. The molecule has 4 heteroatoms. The molecule has 3 aromatic rings. The minimum absolute atomic E-state index is 0.517. The van der Waals surface area contributed by atoms with Crippen molar-refractivity contribution in [3.63, 3.8) is 0 Å². The van der Waals surface area contributed by atoms with E-state index in [9.17, 15) is 0 Å². The zero-order chi connectivity index (χ0) is 16.1. The average molecular weight is 308 g/mol. The van der Waals surface area contributed by atoms with Crippen molar-refractivity contribution >= 4 is 0 Å². The maximum Gasteiger partial charge on any atom is 0.248 e. The van der Waals surface area contributed by atoms with Gasteiger partial charge in [-0.05, 0) is 49.2 Å². The largest absolute Gasteiger partial charge is 0.494 e. The summed E-state index contributed by atoms with van der Waals surface area (Å²) < 4.78 is 11.5. The Hall–Kier alpha value is -2.62. The van der Waals surface area contributed by atoms with Gasteiger partial charge in [-0.25, -0.2) is 0 Å². The van der Waals surface area contributed by atoms with Crippen molar-refractivity contribution in [1.29, 1.82) is 0 Å². The molecule has 4 nitrogen and oxygen atoms in total. The predicted molar refractivity (Wildman–Crippen MR) is 90.3 cm³/mol. The molecule has 0 aliphatic carbocycles. The molecule has 0 atom stereocenters. The number of unbranched alkanes of at least 4 members (excludes halogenated alkanes) is 1. The normalized spacial score (nSPS) is 10.7. The van der Waals surface area contributed by atoms with Crippen molar-refractivity contribution in [3.05, 3.63) is 54.1 Å². The third-order valence-electron chi connectivity index (χ3n) is 3.67. The summed E-state index contributed by atoms with van der Waals surface area (Å²) in [6.45, 7) is 4.92. The number of aryl methyl sites for hydroxylation is 1. The lowest BCUT2D eigenvalue weighted by Crippen LogP contribution is -1.95. The Bertz CT molecular complexity index is 763. The Labute approximate surface area is 136 Å². The van der Waals surface area contributed by atoms with Crippen LogP contribution < -0.4 is 4.74 Å². The highest BCUT2D eigenvalue weighted by atomic mass is 16.5. The first-order valence-corrected chi connectivity index (χ1v) is 7.90. The Balaban J connectivity index is 1.77. The zero-order valence-electron chi connectivity index (χ0n) is 13.5. The van der Waals surface area contributed by atoms with Gasteiger partial charge in [0.25, 0.3) is 0 Å². The number of nitrogens with zero attached hydrogens (tertiary/aromatic N) is 2. The van der Waals surface area contributed by atoms with Gasteiger partial charge in [0.15, 0.2) is 0 Å². The summed E-state index contributed by atoms with van der Waals surface area (Å²) in [5.74, 6) is 1.92. The molecule has 23 heavy (non-hydrogen) atoms. The van der Waals surface area contributed by atoms with Gasteiger partial charge in [-0.2, -0.15) is 0 Å². The minimum atomic E-state index is 0.517. The number of benzene rings is 2. The van der Waals surface area contributed by atoms with Crippen LogP contribution in [0.4, 0.5) is 0 Å². The molecule has 2 aromatic carbocycles. The maximum absolute atomic E-state index is 5.81. The van der Waals surface area contributed by atoms with Gasteiger partial charge in [0, 0.05) is 11.1 Å². The van der Waals surface area contributed by atoms with Crippen LogP contribution >= 0.6 is 0 Å². The monoisotopic (exact) mass is 308 g/mol. The fourth-order valence-electron chi connectivity index (χ4n) is 2.29. The number of rotatable bonds is 6. The first-order valence-electron chi connectivity index (χ1n) is 7.90. The summed E-state index contributed by atoms with van der Waals surface area (Å²) >= 11 is 0. The van der Waals surface area contributed by atoms with Gasteiger partial charge in [0.2, 0.25) is 11.8 Å². The van der Waals surface area contributed by atoms with Gasteiger partial charge < -0.3 is 9.15 Å². The van der Waals surface area contributed by atoms with E-state index in [-0.39, 0.29) is 0 Å². The second-order valence-electron chi connectivity index (χ2n) is 5.45. The van der Waals surface area contributed by atoms with Crippen LogP contribution in [0.3, 0.4) is 0 Å². The van der Waals surface area contributed by atoms with E-state index in [1.807, 2.05) is 55.5 Å². The summed E-state index contributed by atoms with van der Waals surface area (Å²) in [5.41, 5.74) is 2.97. The van der Waals surface area contributed by atoms with E-state index >= 15 is 0 Å². The molecule has 0 aliphatic heterocycles. The van der Waals surface area contributed by atoms with E-state index in [4.69, 9.17) is 9.15 Å². The van der Waals surface area contributed by atoms with E-state index < -0.39 is 0 Å². The van der Waals surface area contributed by atoms with Gasteiger partial charge in [0.1, 0.15) is 5.75 Å². The third-order valence-corrected chi connectivity index (χ3v) is 3.67. The predicted octanol–water partition coefficient (Wildman–Crippen LogP) is 4.89. The highest BCUT2D eigenvalue weighted by molar-refractivity contribution is 5.61. The standard InChI is InChI=1S/C19H20N2O2/c1-3-4-13-22-16-11-9-15(10-12-16)18-20-21-19(23-18)17-8-6-5-7-14(17)2/h5-12H,3-4,13H2,1-2H3. The summed E-state index contributed by atoms with van der Waals surface area (Å²) in [6, 6.07) is 15.7. The van der Waals surface area contributed by atoms with Crippen molar-refractivity contribution in [2.75, 3.05) is 6.61 Å². The fraction of sp³-hybridized carbons (Fsp3) is 0.263. The molecular weight excluding hydrogens is 288 g/mol. The number of ether oxygens (including phenoxy) is 1. The smallest absolute Gasteiger partial charge is 0.248 e. The molecule has 0 bridgehead atoms. The quantitative estimate of drug-likeness (QED) is 0.608. The van der Waals surface area contributed by atoms with Crippen LogP contribution in [0, 0.1) is 6.92 Å². The van der Waals surface area contributed by atoms with E-state index in [2.05, 4.69) is 17.1 Å². The maximum atomic E-state index is 5.81. The van der Waals surface area contributed by atoms with Crippen LogP contribution in [0.25, 0.3) is 22.9 Å². The van der Waals surface area contributed by atoms with Gasteiger partial charge in [-0.15, -0.1) is 10.2 Å². The van der Waals surface area contributed by atoms with E-state index in [1.54, 1.807) is 0 Å². The summed E-state index contributed by atoms with van der Waals surface area (Å²) in [6.07, 6.45) is 2.19. The van der Waals surface area contributed by atoms with Crippen molar-refractivity contribution in [3.8, 4) is 28.7 Å². The highest BCUT2D eigenvalue weighted by Gasteiger charge is 2.12. The van der Waals surface area contributed by atoms with Gasteiger partial charge in [-0.1, -0.05) is 31.5 Å². The van der Waals surface area contributed by atoms with Crippen LogP contribution in [0.1, 0.15) is 25.3 Å². The molecule has 1 heterocycles. The summed E-state index contributed by atoms with van der Waals surface area (Å²) in [7, 11) is 0. The van der Waals surface area contributed by atoms with Crippen LogP contribution in [0.5, 0.6) is 5.75 Å². The molecular formula is C19H20N2O2. The van der Waals surface area contributed by atoms with Crippen molar-refractivity contribution in [2.45, 2.75) is 26.7 Å². The molecule has 0 N–H and O–H groups in total. The third kappa shape index (κ3) is 3.59. The molecule has 0 spiro atoms. The molecule has 3 rings (SSSR count). The Morgan fingerprint density at radius 1 is 0.957 bits per heavy atom. The molecule has 0 unspecified atom stereocenters. The molecule has 0 amide bonds. The lowest BCUT2D eigenvalue weighted by molar-refractivity contribution is 0.309. The molecule has 1 aromatic heterocycles. The van der Waals surface area contributed by atoms with Gasteiger partial charge in [-0.3, -0.25) is 0 Å². The topological polar surface area (TPSA) is 48.2 Å². The van der Waals surface area contributed by atoms with Crippen LogP contribution in [0.15, 0.2) is 52.9 Å². The molecule has 0 fully saturated rings. The Morgan fingerprint density at radius 3 is 2.43 bits per heavy atom. The first-order chi connectivity index (χ1) is 11.3. The number of hydrogen-bond acceptors (Lipinski definition) is 4. The number of hydrogen-bond donors (Lipinski definition) is 0. The van der Waals surface area contributed by atoms with Crippen molar-refractivity contribution < 1.29 is 9.15 Å². The van der Waals surface area contributed by atoms with E-state index in [0.29, 0.717) is 11.8 Å². The Kier molecular flexibility index (Phi) is 4.71.